The topological polar surface area (TPSA) is 40.7 Å². The van der Waals surface area contributed by atoms with Crippen molar-refractivity contribution in [2.75, 3.05) is 5.32 Å². The summed E-state index contributed by atoms with van der Waals surface area (Å²) in [7, 11) is 0. The van der Waals surface area contributed by atoms with Gasteiger partial charge in [0.1, 0.15) is 0 Å². The van der Waals surface area contributed by atoms with Crippen LogP contribution in [0.15, 0.2) is 36.4 Å². The zero-order valence-electron chi connectivity index (χ0n) is 10.2. The third-order valence-electron chi connectivity index (χ3n) is 2.89. The van der Waals surface area contributed by atoms with E-state index in [-0.39, 0.29) is 0 Å². The monoisotopic (exact) mass is 257 g/mol. The summed E-state index contributed by atoms with van der Waals surface area (Å²) in [6.45, 7) is 3.01. The number of hydrogen-bond acceptors (Lipinski definition) is 3. The molecular formula is C14H15N3S. The molecule has 0 unspecified atom stereocenters. The van der Waals surface area contributed by atoms with E-state index >= 15 is 0 Å². The lowest BCUT2D eigenvalue weighted by Crippen LogP contribution is -1.98. The van der Waals surface area contributed by atoms with Gasteiger partial charge in [0, 0.05) is 9.75 Å². The van der Waals surface area contributed by atoms with Crippen molar-refractivity contribution in [2.45, 2.75) is 19.9 Å². The highest BCUT2D eigenvalue weighted by molar-refractivity contribution is 7.12. The lowest BCUT2D eigenvalue weighted by atomic mass is 10.3. The number of nitrogens with one attached hydrogen (secondary N) is 2. The zero-order chi connectivity index (χ0) is 12.4. The molecule has 0 fully saturated rings. The average Bonchev–Trinajstić information content (AvgIpc) is 3.02. The van der Waals surface area contributed by atoms with Crippen LogP contribution in [0.3, 0.4) is 0 Å². The summed E-state index contributed by atoms with van der Waals surface area (Å²) in [6.07, 6.45) is 1.11. The number of thiophene rings is 1. The van der Waals surface area contributed by atoms with Crippen LogP contribution in [0.2, 0.25) is 0 Å². The van der Waals surface area contributed by atoms with Crippen LogP contribution < -0.4 is 5.32 Å². The first-order valence-corrected chi connectivity index (χ1v) is 6.93. The fourth-order valence-electron chi connectivity index (χ4n) is 1.91. The Hall–Kier alpha value is -1.81. The van der Waals surface area contributed by atoms with Gasteiger partial charge in [-0.15, -0.1) is 11.3 Å². The molecule has 18 heavy (non-hydrogen) atoms. The van der Waals surface area contributed by atoms with Gasteiger partial charge in [-0.2, -0.15) is 0 Å². The lowest BCUT2D eigenvalue weighted by Gasteiger charge is -1.99. The molecule has 1 aromatic carbocycles. The number of aromatic amines is 1. The predicted octanol–water partition coefficient (Wildman–Crippen LogP) is 3.80. The lowest BCUT2D eigenvalue weighted by molar-refractivity contribution is 1.13. The van der Waals surface area contributed by atoms with Crippen molar-refractivity contribution in [3.63, 3.8) is 0 Å². The minimum absolute atomic E-state index is 0.824. The van der Waals surface area contributed by atoms with Crippen molar-refractivity contribution in [1.82, 2.24) is 9.97 Å². The second kappa shape index (κ2) is 4.82. The Balaban J connectivity index is 1.72. The largest absolute Gasteiger partial charge is 0.351 e. The molecule has 0 radical (unpaired) electrons. The van der Waals surface area contributed by atoms with Crippen LogP contribution in [0.25, 0.3) is 11.0 Å². The first kappa shape index (κ1) is 11.3. The molecule has 0 saturated carbocycles. The molecule has 3 nitrogen and oxygen atoms in total. The fraction of sp³-hybridized carbons (Fsp3) is 0.214. The number of anilines is 1. The van der Waals surface area contributed by atoms with Crippen LogP contribution in [0.4, 0.5) is 5.95 Å². The molecule has 2 aromatic heterocycles. The van der Waals surface area contributed by atoms with Gasteiger partial charge in [0.05, 0.1) is 17.6 Å². The number of rotatable bonds is 4. The number of nitrogens with zero attached hydrogens (tertiary/aromatic N) is 1. The number of hydrogen-bond donors (Lipinski definition) is 2. The maximum atomic E-state index is 4.49. The number of H-pyrrole nitrogens is 1. The van der Waals surface area contributed by atoms with E-state index in [1.165, 1.54) is 9.75 Å². The quantitative estimate of drug-likeness (QED) is 0.746. The molecule has 0 aliphatic heterocycles. The highest BCUT2D eigenvalue weighted by Crippen LogP contribution is 2.19. The van der Waals surface area contributed by atoms with E-state index in [4.69, 9.17) is 0 Å². The maximum absolute atomic E-state index is 4.49. The Labute approximate surface area is 110 Å². The molecule has 0 amide bonds. The molecule has 2 heterocycles. The van der Waals surface area contributed by atoms with Gasteiger partial charge in [-0.05, 0) is 30.7 Å². The van der Waals surface area contributed by atoms with Crippen LogP contribution in [0.1, 0.15) is 16.7 Å². The first-order chi connectivity index (χ1) is 8.85. The predicted molar refractivity (Wildman–Crippen MR) is 77.1 cm³/mol. The van der Waals surface area contributed by atoms with Crippen LogP contribution in [-0.2, 0) is 13.0 Å². The third-order valence-corrected chi connectivity index (χ3v) is 4.11. The van der Waals surface area contributed by atoms with E-state index in [0.29, 0.717) is 0 Å². The highest BCUT2D eigenvalue weighted by Gasteiger charge is 2.02. The van der Waals surface area contributed by atoms with E-state index in [1.54, 1.807) is 0 Å². The van der Waals surface area contributed by atoms with Crippen molar-refractivity contribution < 1.29 is 0 Å². The van der Waals surface area contributed by atoms with E-state index in [0.717, 1.165) is 29.9 Å². The molecule has 0 saturated heterocycles. The molecule has 0 aliphatic rings. The standard InChI is InChI=1S/C14H15N3S/c1-2-10-7-8-11(18-10)9-15-14-16-12-5-3-4-6-13(12)17-14/h3-8H,2,9H2,1H3,(H2,15,16,17). The molecule has 4 heteroatoms. The summed E-state index contributed by atoms with van der Waals surface area (Å²) in [5, 5.41) is 3.33. The van der Waals surface area contributed by atoms with Crippen molar-refractivity contribution in [2.24, 2.45) is 0 Å². The summed E-state index contributed by atoms with van der Waals surface area (Å²) in [5.74, 6) is 0.836. The van der Waals surface area contributed by atoms with Crippen molar-refractivity contribution in [3.8, 4) is 0 Å². The summed E-state index contributed by atoms with van der Waals surface area (Å²) >= 11 is 1.85. The van der Waals surface area contributed by atoms with Crippen LogP contribution in [0.5, 0.6) is 0 Å². The van der Waals surface area contributed by atoms with Gasteiger partial charge in [0.25, 0.3) is 0 Å². The molecule has 0 bridgehead atoms. The Morgan fingerprint density at radius 3 is 2.78 bits per heavy atom. The van der Waals surface area contributed by atoms with E-state index in [1.807, 2.05) is 35.6 Å². The molecule has 0 spiro atoms. The Kier molecular flexibility index (Phi) is 3.02. The van der Waals surface area contributed by atoms with Gasteiger partial charge >= 0.3 is 0 Å². The molecule has 0 atom stereocenters. The highest BCUT2D eigenvalue weighted by atomic mass is 32.1. The molecular weight excluding hydrogens is 242 g/mol. The van der Waals surface area contributed by atoms with E-state index in [2.05, 4.69) is 34.3 Å². The molecule has 3 aromatic rings. The Bertz CT molecular complexity index is 621. The number of aromatic nitrogens is 2. The van der Waals surface area contributed by atoms with Gasteiger partial charge in [-0.1, -0.05) is 19.1 Å². The molecule has 3 rings (SSSR count). The zero-order valence-corrected chi connectivity index (χ0v) is 11.1. The van der Waals surface area contributed by atoms with Gasteiger partial charge in [-0.3, -0.25) is 0 Å². The van der Waals surface area contributed by atoms with Crippen LogP contribution >= 0.6 is 11.3 Å². The van der Waals surface area contributed by atoms with Gasteiger partial charge in [-0.25, -0.2) is 4.98 Å². The minimum atomic E-state index is 0.824. The Morgan fingerprint density at radius 2 is 2.00 bits per heavy atom. The van der Waals surface area contributed by atoms with E-state index in [9.17, 15) is 0 Å². The SMILES string of the molecule is CCc1ccc(CNc2nc3ccccc3[nH]2)s1. The number of fused-ring (bicyclic) bond motifs is 1. The summed E-state index contributed by atoms with van der Waals surface area (Å²) in [4.78, 5) is 10.5. The first-order valence-electron chi connectivity index (χ1n) is 6.11. The van der Waals surface area contributed by atoms with Crippen molar-refractivity contribution in [1.29, 1.82) is 0 Å². The third kappa shape index (κ3) is 2.24. The summed E-state index contributed by atoms with van der Waals surface area (Å²) in [5.41, 5.74) is 2.07. The number of benzene rings is 1. The minimum Gasteiger partial charge on any atom is -0.351 e. The van der Waals surface area contributed by atoms with Crippen molar-refractivity contribution >= 4 is 28.3 Å². The molecule has 0 aliphatic carbocycles. The van der Waals surface area contributed by atoms with Crippen molar-refractivity contribution in [3.05, 3.63) is 46.2 Å². The van der Waals surface area contributed by atoms with Crippen LogP contribution in [0, 0.1) is 0 Å². The second-order valence-electron chi connectivity index (χ2n) is 4.18. The number of imidazole rings is 1. The van der Waals surface area contributed by atoms with Crippen LogP contribution in [-0.4, -0.2) is 9.97 Å². The smallest absolute Gasteiger partial charge is 0.201 e. The number of para-hydroxylation sites is 2. The fourth-order valence-corrected chi connectivity index (χ4v) is 2.81. The molecule has 2 N–H and O–H groups in total. The number of aryl methyl sites for hydroxylation is 1. The summed E-state index contributed by atoms with van der Waals surface area (Å²) < 4.78 is 0. The van der Waals surface area contributed by atoms with E-state index < -0.39 is 0 Å². The Morgan fingerprint density at radius 1 is 1.17 bits per heavy atom. The second-order valence-corrected chi connectivity index (χ2v) is 5.43. The van der Waals surface area contributed by atoms with Gasteiger partial charge in [0.2, 0.25) is 5.95 Å². The normalized spacial score (nSPS) is 10.9. The maximum Gasteiger partial charge on any atom is 0.201 e. The summed E-state index contributed by atoms with van der Waals surface area (Å²) in [6, 6.07) is 12.4. The molecule has 92 valence electrons. The van der Waals surface area contributed by atoms with Gasteiger partial charge < -0.3 is 10.3 Å². The average molecular weight is 257 g/mol. The van der Waals surface area contributed by atoms with Gasteiger partial charge in [0.15, 0.2) is 0 Å².